The number of nitrogens with zero attached hydrogens (tertiary/aromatic N) is 1. The lowest BCUT2D eigenvalue weighted by Gasteiger charge is -2.01. The molecule has 0 saturated carbocycles. The van der Waals surface area contributed by atoms with E-state index in [0.717, 1.165) is 5.39 Å². The fourth-order valence-electron chi connectivity index (χ4n) is 2.49. The van der Waals surface area contributed by atoms with Crippen LogP contribution in [0.15, 0.2) is 24.3 Å². The monoisotopic (exact) mass is 219 g/mol. The lowest BCUT2D eigenvalue weighted by Crippen LogP contribution is -2.07. The van der Waals surface area contributed by atoms with Crippen molar-refractivity contribution in [3.05, 3.63) is 35.8 Å². The number of hydrogen-bond acceptors (Lipinski definition) is 1. The molecule has 1 unspecified atom stereocenters. The van der Waals surface area contributed by atoms with E-state index in [4.69, 9.17) is 5.11 Å². The number of para-hydroxylation sites is 1. The second-order valence-electron chi connectivity index (χ2n) is 4.08. The summed E-state index contributed by atoms with van der Waals surface area (Å²) in [7, 11) is 0. The van der Waals surface area contributed by atoms with Crippen molar-refractivity contribution in [2.45, 2.75) is 18.9 Å². The first-order valence-corrected chi connectivity index (χ1v) is 5.19. The van der Waals surface area contributed by atoms with Gasteiger partial charge in [0.05, 0.1) is 11.4 Å². The van der Waals surface area contributed by atoms with Gasteiger partial charge in [0, 0.05) is 17.6 Å². The van der Waals surface area contributed by atoms with E-state index in [2.05, 4.69) is 0 Å². The largest absolute Gasteiger partial charge is 0.481 e. The summed E-state index contributed by atoms with van der Waals surface area (Å²) in [5.74, 6) is -1.61. The zero-order chi connectivity index (χ0) is 11.3. The number of aromatic nitrogens is 1. The maximum absolute atomic E-state index is 13.6. The second kappa shape index (κ2) is 3.07. The summed E-state index contributed by atoms with van der Waals surface area (Å²) >= 11 is 0. The van der Waals surface area contributed by atoms with Gasteiger partial charge in [-0.25, -0.2) is 4.39 Å². The van der Waals surface area contributed by atoms with Gasteiger partial charge in [-0.15, -0.1) is 0 Å². The topological polar surface area (TPSA) is 42.2 Å². The minimum atomic E-state index is -0.832. The molecule has 0 saturated heterocycles. The van der Waals surface area contributed by atoms with Crippen molar-refractivity contribution < 1.29 is 14.3 Å². The maximum Gasteiger partial charge on any atom is 0.312 e. The van der Waals surface area contributed by atoms with E-state index >= 15 is 0 Å². The van der Waals surface area contributed by atoms with Gasteiger partial charge >= 0.3 is 5.97 Å². The average molecular weight is 219 g/mol. The molecule has 0 bridgehead atoms. The Hall–Kier alpha value is -1.84. The van der Waals surface area contributed by atoms with Crippen molar-refractivity contribution >= 4 is 16.9 Å². The third kappa shape index (κ3) is 1.10. The van der Waals surface area contributed by atoms with E-state index in [1.165, 1.54) is 6.07 Å². The highest BCUT2D eigenvalue weighted by molar-refractivity contribution is 5.86. The molecule has 1 aromatic carbocycles. The van der Waals surface area contributed by atoms with Crippen molar-refractivity contribution in [2.75, 3.05) is 0 Å². The van der Waals surface area contributed by atoms with Crippen molar-refractivity contribution in [2.24, 2.45) is 0 Å². The van der Waals surface area contributed by atoms with Crippen LogP contribution in [0.1, 0.15) is 18.0 Å². The summed E-state index contributed by atoms with van der Waals surface area (Å²) in [5.41, 5.74) is 1.24. The van der Waals surface area contributed by atoms with Gasteiger partial charge in [-0.05, 0) is 18.6 Å². The number of benzene rings is 1. The zero-order valence-corrected chi connectivity index (χ0v) is 8.48. The van der Waals surface area contributed by atoms with Crippen LogP contribution in [0.3, 0.4) is 0 Å². The van der Waals surface area contributed by atoms with E-state index in [1.54, 1.807) is 16.7 Å². The zero-order valence-electron chi connectivity index (χ0n) is 8.48. The lowest BCUT2D eigenvalue weighted by atomic mass is 10.0. The van der Waals surface area contributed by atoms with Gasteiger partial charge in [0.2, 0.25) is 0 Å². The first kappa shape index (κ1) is 9.39. The molecule has 1 aliphatic heterocycles. The standard InChI is InChI=1S/C12H10FNO2/c13-9-3-1-2-7-6-10-8(12(15)16)4-5-14(10)11(7)9/h1-3,6,8H,4-5H2,(H,15,16). The average Bonchev–Trinajstić information content (AvgIpc) is 2.74. The van der Waals surface area contributed by atoms with Gasteiger partial charge in [0.25, 0.3) is 0 Å². The van der Waals surface area contributed by atoms with Gasteiger partial charge in [0.1, 0.15) is 5.82 Å². The number of carbonyl (C=O) groups is 1. The molecule has 82 valence electrons. The molecule has 4 heteroatoms. The van der Waals surface area contributed by atoms with Crippen LogP contribution in [0.5, 0.6) is 0 Å². The van der Waals surface area contributed by atoms with E-state index in [1.807, 2.05) is 6.07 Å². The van der Waals surface area contributed by atoms with E-state index in [0.29, 0.717) is 24.2 Å². The molecule has 0 aliphatic carbocycles. The highest BCUT2D eigenvalue weighted by Gasteiger charge is 2.30. The molecule has 1 N–H and O–H groups in total. The minimum absolute atomic E-state index is 0.283. The predicted octanol–water partition coefficient (Wildman–Crippen LogP) is 2.35. The first-order chi connectivity index (χ1) is 7.68. The number of halogens is 1. The van der Waals surface area contributed by atoms with E-state index < -0.39 is 11.9 Å². The molecular weight excluding hydrogens is 209 g/mol. The fraction of sp³-hybridized carbons (Fsp3) is 0.250. The Morgan fingerprint density at radius 1 is 1.50 bits per heavy atom. The molecule has 1 atom stereocenters. The van der Waals surface area contributed by atoms with Crippen LogP contribution in [-0.2, 0) is 11.3 Å². The molecule has 0 amide bonds. The highest BCUT2D eigenvalue weighted by atomic mass is 19.1. The van der Waals surface area contributed by atoms with E-state index in [-0.39, 0.29) is 5.82 Å². The second-order valence-corrected chi connectivity index (χ2v) is 4.08. The third-order valence-electron chi connectivity index (χ3n) is 3.20. The molecule has 0 radical (unpaired) electrons. The molecule has 16 heavy (non-hydrogen) atoms. The summed E-state index contributed by atoms with van der Waals surface area (Å²) in [4.78, 5) is 11.0. The first-order valence-electron chi connectivity index (χ1n) is 5.19. The number of hydrogen-bond donors (Lipinski definition) is 1. The van der Waals surface area contributed by atoms with Gasteiger partial charge in [-0.1, -0.05) is 12.1 Å². The lowest BCUT2D eigenvalue weighted by molar-refractivity contribution is -0.138. The van der Waals surface area contributed by atoms with Crippen LogP contribution in [0.2, 0.25) is 0 Å². The molecule has 0 spiro atoms. The van der Waals surface area contributed by atoms with Crippen LogP contribution in [0.4, 0.5) is 4.39 Å². The van der Waals surface area contributed by atoms with Crippen LogP contribution in [-0.4, -0.2) is 15.6 Å². The Bertz CT molecular complexity index is 588. The van der Waals surface area contributed by atoms with Crippen molar-refractivity contribution in [3.63, 3.8) is 0 Å². The number of fused-ring (bicyclic) bond motifs is 3. The van der Waals surface area contributed by atoms with Gasteiger partial charge in [0.15, 0.2) is 0 Å². The van der Waals surface area contributed by atoms with Crippen LogP contribution >= 0.6 is 0 Å². The summed E-state index contributed by atoms with van der Waals surface area (Å²) < 4.78 is 15.4. The maximum atomic E-state index is 13.6. The summed E-state index contributed by atoms with van der Waals surface area (Å²) in [6.07, 6.45) is 0.551. The van der Waals surface area contributed by atoms with Gasteiger partial charge in [-0.2, -0.15) is 0 Å². The summed E-state index contributed by atoms with van der Waals surface area (Å²) in [6.45, 7) is 0.580. The Kier molecular flexibility index (Phi) is 1.80. The smallest absolute Gasteiger partial charge is 0.312 e. The molecule has 1 aliphatic rings. The number of aryl methyl sites for hydroxylation is 1. The molecular formula is C12H10FNO2. The Morgan fingerprint density at radius 3 is 3.06 bits per heavy atom. The molecule has 3 nitrogen and oxygen atoms in total. The predicted molar refractivity (Wildman–Crippen MR) is 56.9 cm³/mol. The SMILES string of the molecule is O=C(O)C1CCn2c1cc1cccc(F)c12. The van der Waals surface area contributed by atoms with Crippen molar-refractivity contribution in [1.82, 2.24) is 4.57 Å². The van der Waals surface area contributed by atoms with Crippen molar-refractivity contribution in [1.29, 1.82) is 0 Å². The quantitative estimate of drug-likeness (QED) is 0.799. The van der Waals surface area contributed by atoms with Crippen LogP contribution < -0.4 is 0 Å². The van der Waals surface area contributed by atoms with Crippen molar-refractivity contribution in [3.8, 4) is 0 Å². The molecule has 0 fully saturated rings. The summed E-state index contributed by atoms with van der Waals surface area (Å²) in [5, 5.41) is 9.83. The normalized spacial score (nSPS) is 18.9. The van der Waals surface area contributed by atoms with Gasteiger partial charge < -0.3 is 9.67 Å². The Balaban J connectivity index is 2.29. The fourth-order valence-corrected chi connectivity index (χ4v) is 2.49. The van der Waals surface area contributed by atoms with Gasteiger partial charge in [-0.3, -0.25) is 4.79 Å². The highest BCUT2D eigenvalue weighted by Crippen LogP contribution is 2.35. The third-order valence-corrected chi connectivity index (χ3v) is 3.20. The minimum Gasteiger partial charge on any atom is -0.481 e. The number of rotatable bonds is 1. The number of carboxylic acid groups (broad SMARTS) is 1. The number of carboxylic acids is 1. The molecule has 2 heterocycles. The Labute approximate surface area is 91.1 Å². The van der Waals surface area contributed by atoms with E-state index in [9.17, 15) is 9.18 Å². The molecule has 3 rings (SSSR count). The Morgan fingerprint density at radius 2 is 2.31 bits per heavy atom. The number of aliphatic carboxylic acids is 1. The van der Waals surface area contributed by atoms with Crippen LogP contribution in [0.25, 0.3) is 10.9 Å². The molecule has 2 aromatic rings. The summed E-state index contributed by atoms with van der Waals surface area (Å²) in [6, 6.07) is 6.64. The van der Waals surface area contributed by atoms with Crippen LogP contribution in [0, 0.1) is 5.82 Å². The molecule has 1 aromatic heterocycles.